The molecule has 0 fully saturated rings. The number of hydrogen-bond acceptors (Lipinski definition) is 4. The molecule has 3 rings (SSSR count). The van der Waals surface area contributed by atoms with Crippen LogP contribution in [0.25, 0.3) is 5.65 Å². The number of carbonyl (C=O) groups excluding carboxylic acids is 1. The molecule has 0 aliphatic carbocycles. The molecular formula is C16H13FN2O2S. The van der Waals surface area contributed by atoms with Gasteiger partial charge in [0.2, 0.25) is 0 Å². The van der Waals surface area contributed by atoms with Gasteiger partial charge in [0.1, 0.15) is 11.4 Å². The molecule has 0 saturated carbocycles. The van der Waals surface area contributed by atoms with Crippen molar-refractivity contribution in [2.45, 2.75) is 10.6 Å². The fraction of sp³-hybridized carbons (Fsp3) is 0.125. The Hall–Kier alpha value is -2.34. The minimum Gasteiger partial charge on any atom is -0.465 e. The predicted molar refractivity (Wildman–Crippen MR) is 82.5 cm³/mol. The number of fused-ring (bicyclic) bond motifs is 1. The van der Waals surface area contributed by atoms with E-state index >= 15 is 0 Å². The molecular weight excluding hydrogens is 303 g/mol. The van der Waals surface area contributed by atoms with E-state index in [-0.39, 0.29) is 5.82 Å². The van der Waals surface area contributed by atoms with Gasteiger partial charge in [-0.25, -0.2) is 14.2 Å². The lowest BCUT2D eigenvalue weighted by Gasteiger charge is -2.00. The second-order valence-corrected chi connectivity index (χ2v) is 5.67. The Kier molecular flexibility index (Phi) is 4.11. The molecule has 0 radical (unpaired) electrons. The number of esters is 1. The maximum atomic E-state index is 12.9. The summed E-state index contributed by atoms with van der Waals surface area (Å²) in [5.74, 6) is -0.0257. The highest BCUT2D eigenvalue weighted by atomic mass is 32.2. The van der Waals surface area contributed by atoms with Crippen molar-refractivity contribution in [3.8, 4) is 0 Å². The highest BCUT2D eigenvalue weighted by molar-refractivity contribution is 7.98. The molecule has 4 nitrogen and oxygen atoms in total. The molecule has 0 spiro atoms. The van der Waals surface area contributed by atoms with Crippen molar-refractivity contribution in [1.29, 1.82) is 0 Å². The number of benzene rings is 1. The Morgan fingerprint density at radius 2 is 2.09 bits per heavy atom. The third-order valence-corrected chi connectivity index (χ3v) is 4.18. The van der Waals surface area contributed by atoms with Crippen LogP contribution in [-0.2, 0) is 10.5 Å². The first kappa shape index (κ1) is 14.6. The van der Waals surface area contributed by atoms with Crippen molar-refractivity contribution in [2.75, 3.05) is 7.11 Å². The molecule has 3 aromatic rings. The second kappa shape index (κ2) is 6.19. The number of carbonyl (C=O) groups is 1. The lowest BCUT2D eigenvalue weighted by atomic mass is 10.3. The molecule has 22 heavy (non-hydrogen) atoms. The minimum atomic E-state index is -0.408. The molecule has 2 heterocycles. The van der Waals surface area contributed by atoms with E-state index in [1.807, 2.05) is 12.4 Å². The zero-order valence-electron chi connectivity index (χ0n) is 11.8. The van der Waals surface area contributed by atoms with Crippen LogP contribution in [0.2, 0.25) is 0 Å². The molecule has 2 aromatic heterocycles. The molecule has 112 valence electrons. The third kappa shape index (κ3) is 2.96. The van der Waals surface area contributed by atoms with Crippen LogP contribution in [0.5, 0.6) is 0 Å². The minimum absolute atomic E-state index is 0.250. The molecule has 0 saturated heterocycles. The number of thioether (sulfide) groups is 1. The average molecular weight is 316 g/mol. The van der Waals surface area contributed by atoms with Crippen LogP contribution >= 0.6 is 11.8 Å². The SMILES string of the molecule is COC(=O)c1cccn2cc(CSc3ccc(F)cc3)nc12. The average Bonchev–Trinajstić information content (AvgIpc) is 2.96. The van der Waals surface area contributed by atoms with E-state index in [9.17, 15) is 9.18 Å². The number of rotatable bonds is 4. The Balaban J connectivity index is 1.83. The maximum Gasteiger partial charge on any atom is 0.341 e. The quantitative estimate of drug-likeness (QED) is 0.545. The normalized spacial score (nSPS) is 10.8. The van der Waals surface area contributed by atoms with Crippen molar-refractivity contribution >= 4 is 23.4 Å². The summed E-state index contributed by atoms with van der Waals surface area (Å²) in [5, 5.41) is 0. The molecule has 0 bridgehead atoms. The number of pyridine rings is 1. The molecule has 0 atom stereocenters. The number of nitrogens with zero attached hydrogens (tertiary/aromatic N) is 2. The molecule has 0 aliphatic rings. The molecule has 0 amide bonds. The highest BCUT2D eigenvalue weighted by Gasteiger charge is 2.13. The van der Waals surface area contributed by atoms with Crippen molar-refractivity contribution < 1.29 is 13.9 Å². The maximum absolute atomic E-state index is 12.9. The van der Waals surface area contributed by atoms with Gasteiger partial charge in [0.15, 0.2) is 5.65 Å². The van der Waals surface area contributed by atoms with Crippen LogP contribution < -0.4 is 0 Å². The van der Waals surface area contributed by atoms with E-state index in [2.05, 4.69) is 4.98 Å². The first-order valence-electron chi connectivity index (χ1n) is 6.60. The fourth-order valence-electron chi connectivity index (χ4n) is 2.09. The van der Waals surface area contributed by atoms with Gasteiger partial charge in [-0.05, 0) is 36.4 Å². The lowest BCUT2D eigenvalue weighted by molar-refractivity contribution is 0.0602. The van der Waals surface area contributed by atoms with Crippen molar-refractivity contribution in [1.82, 2.24) is 9.38 Å². The summed E-state index contributed by atoms with van der Waals surface area (Å²) in [7, 11) is 1.35. The van der Waals surface area contributed by atoms with Crippen LogP contribution in [0.3, 0.4) is 0 Å². The number of hydrogen-bond donors (Lipinski definition) is 0. The van der Waals surface area contributed by atoms with Crippen LogP contribution in [0.4, 0.5) is 4.39 Å². The van der Waals surface area contributed by atoms with Gasteiger partial charge in [-0.2, -0.15) is 0 Å². The summed E-state index contributed by atoms with van der Waals surface area (Å²) in [5.41, 5.74) is 1.85. The van der Waals surface area contributed by atoms with Crippen molar-refractivity contribution in [2.24, 2.45) is 0 Å². The van der Waals surface area contributed by atoms with Gasteiger partial charge in [0.05, 0.1) is 12.8 Å². The van der Waals surface area contributed by atoms with Gasteiger partial charge in [0.25, 0.3) is 0 Å². The number of ether oxygens (including phenoxy) is 1. The smallest absolute Gasteiger partial charge is 0.341 e. The topological polar surface area (TPSA) is 43.6 Å². The van der Waals surface area contributed by atoms with E-state index in [4.69, 9.17) is 4.74 Å². The molecule has 6 heteroatoms. The zero-order chi connectivity index (χ0) is 15.5. The van der Waals surface area contributed by atoms with Crippen LogP contribution in [0, 0.1) is 5.82 Å². The summed E-state index contributed by atoms with van der Waals surface area (Å²) >= 11 is 1.56. The van der Waals surface area contributed by atoms with E-state index in [1.54, 1.807) is 40.4 Å². The van der Waals surface area contributed by atoms with E-state index < -0.39 is 5.97 Å². The number of aromatic nitrogens is 2. The highest BCUT2D eigenvalue weighted by Crippen LogP contribution is 2.23. The standard InChI is InChI=1S/C16H13FN2O2S/c1-21-16(20)14-3-2-8-19-9-12(18-15(14)19)10-22-13-6-4-11(17)5-7-13/h2-9H,10H2,1H3. The van der Waals surface area contributed by atoms with Gasteiger partial charge in [-0.15, -0.1) is 11.8 Å². The van der Waals surface area contributed by atoms with Gasteiger partial charge in [-0.3, -0.25) is 0 Å². The van der Waals surface area contributed by atoms with Crippen LogP contribution in [-0.4, -0.2) is 22.5 Å². The Morgan fingerprint density at radius 3 is 2.82 bits per heavy atom. The summed E-state index contributed by atoms with van der Waals surface area (Å²) in [6, 6.07) is 9.79. The van der Waals surface area contributed by atoms with Gasteiger partial charge in [0, 0.05) is 23.0 Å². The molecule has 0 unspecified atom stereocenters. The van der Waals surface area contributed by atoms with Crippen molar-refractivity contribution in [3.63, 3.8) is 0 Å². The molecule has 0 aliphatic heterocycles. The zero-order valence-corrected chi connectivity index (χ0v) is 12.6. The van der Waals surface area contributed by atoms with E-state index in [0.29, 0.717) is 17.0 Å². The van der Waals surface area contributed by atoms with Crippen molar-refractivity contribution in [3.05, 3.63) is 65.9 Å². The number of halogens is 1. The van der Waals surface area contributed by atoms with Crippen LogP contribution in [0.1, 0.15) is 16.1 Å². The van der Waals surface area contributed by atoms with Gasteiger partial charge < -0.3 is 9.14 Å². The number of methoxy groups -OCH3 is 1. The van der Waals surface area contributed by atoms with E-state index in [0.717, 1.165) is 10.6 Å². The summed E-state index contributed by atoms with van der Waals surface area (Å²) < 4.78 is 19.4. The Labute approximate surface area is 130 Å². The van der Waals surface area contributed by atoms with Gasteiger partial charge in [-0.1, -0.05) is 0 Å². The largest absolute Gasteiger partial charge is 0.465 e. The Bertz CT molecular complexity index is 815. The Morgan fingerprint density at radius 1 is 1.32 bits per heavy atom. The first-order valence-corrected chi connectivity index (χ1v) is 7.59. The second-order valence-electron chi connectivity index (χ2n) is 4.62. The summed E-state index contributed by atoms with van der Waals surface area (Å²) in [6.45, 7) is 0. The number of imidazole rings is 1. The van der Waals surface area contributed by atoms with Gasteiger partial charge >= 0.3 is 5.97 Å². The monoisotopic (exact) mass is 316 g/mol. The molecule has 1 aromatic carbocycles. The predicted octanol–water partition coefficient (Wildman–Crippen LogP) is 3.55. The lowest BCUT2D eigenvalue weighted by Crippen LogP contribution is -2.03. The van der Waals surface area contributed by atoms with E-state index in [1.165, 1.54) is 19.2 Å². The van der Waals surface area contributed by atoms with Crippen LogP contribution in [0.15, 0.2) is 53.7 Å². The molecule has 0 N–H and O–H groups in total. The summed E-state index contributed by atoms with van der Waals surface area (Å²) in [4.78, 5) is 17.2. The summed E-state index contributed by atoms with van der Waals surface area (Å²) in [6.07, 6.45) is 3.71. The third-order valence-electron chi connectivity index (χ3n) is 3.14. The fourth-order valence-corrected chi connectivity index (χ4v) is 2.87. The first-order chi connectivity index (χ1) is 10.7.